The third-order valence-corrected chi connectivity index (χ3v) is 4.27. The average molecular weight is 327 g/mol. The molecule has 0 spiro atoms. The summed E-state index contributed by atoms with van der Waals surface area (Å²) in [5.74, 6) is -1.38. The lowest BCUT2D eigenvalue weighted by Gasteiger charge is -2.08. The normalized spacial score (nSPS) is 11.1. The smallest absolute Gasteiger partial charge is 0.339 e. The maximum atomic E-state index is 12.1. The first-order chi connectivity index (χ1) is 9.79. The van der Waals surface area contributed by atoms with Crippen LogP contribution in [0.4, 0.5) is 0 Å². The van der Waals surface area contributed by atoms with Crippen LogP contribution in [0.25, 0.3) is 0 Å². The monoisotopic (exact) mass is 326 g/mol. The van der Waals surface area contributed by atoms with Crippen LogP contribution < -0.4 is 4.18 Å². The summed E-state index contributed by atoms with van der Waals surface area (Å²) in [4.78, 5) is 10.9. The van der Waals surface area contributed by atoms with Gasteiger partial charge in [-0.1, -0.05) is 29.3 Å². The van der Waals surface area contributed by atoms with Crippen molar-refractivity contribution < 1.29 is 22.5 Å². The lowest BCUT2D eigenvalue weighted by Crippen LogP contribution is -2.10. The second-order valence-corrected chi connectivity index (χ2v) is 6.25. The number of aryl methyl sites for hydroxylation is 1. The molecule has 0 aliphatic rings. The summed E-state index contributed by atoms with van der Waals surface area (Å²) in [6.07, 6.45) is 0. The van der Waals surface area contributed by atoms with E-state index in [1.807, 2.05) is 6.92 Å². The van der Waals surface area contributed by atoms with Crippen LogP contribution >= 0.6 is 11.6 Å². The summed E-state index contributed by atoms with van der Waals surface area (Å²) < 4.78 is 29.1. The second kappa shape index (κ2) is 5.75. The lowest BCUT2D eigenvalue weighted by molar-refractivity contribution is 0.0696. The third kappa shape index (κ3) is 3.53. The maximum Gasteiger partial charge on any atom is 0.339 e. The van der Waals surface area contributed by atoms with Gasteiger partial charge in [-0.3, -0.25) is 0 Å². The number of aromatic carboxylic acids is 1. The Balaban J connectivity index is 2.35. The number of carboxylic acid groups (broad SMARTS) is 1. The lowest BCUT2D eigenvalue weighted by atomic mass is 10.2. The molecule has 21 heavy (non-hydrogen) atoms. The fourth-order valence-electron chi connectivity index (χ4n) is 1.60. The number of hydrogen-bond acceptors (Lipinski definition) is 4. The summed E-state index contributed by atoms with van der Waals surface area (Å²) in [5.41, 5.74) is 0.682. The molecular weight excluding hydrogens is 316 g/mol. The number of carbonyl (C=O) groups is 1. The van der Waals surface area contributed by atoms with Gasteiger partial charge in [-0.05, 0) is 37.3 Å². The Morgan fingerprint density at radius 2 is 1.76 bits per heavy atom. The third-order valence-electron chi connectivity index (χ3n) is 2.68. The van der Waals surface area contributed by atoms with E-state index in [1.54, 1.807) is 12.1 Å². The molecule has 5 nitrogen and oxygen atoms in total. The zero-order valence-electron chi connectivity index (χ0n) is 10.9. The molecule has 0 saturated carbocycles. The summed E-state index contributed by atoms with van der Waals surface area (Å²) in [6, 6.07) is 9.74. The van der Waals surface area contributed by atoms with Gasteiger partial charge in [0.15, 0.2) is 0 Å². The van der Waals surface area contributed by atoms with Crippen molar-refractivity contribution in [2.24, 2.45) is 0 Å². The van der Waals surface area contributed by atoms with Gasteiger partial charge in [0, 0.05) is 0 Å². The molecule has 2 aromatic carbocycles. The molecule has 1 N–H and O–H groups in total. The molecular formula is C14H11ClO5S. The summed E-state index contributed by atoms with van der Waals surface area (Å²) in [6.45, 7) is 1.83. The van der Waals surface area contributed by atoms with Gasteiger partial charge in [0.2, 0.25) is 0 Å². The van der Waals surface area contributed by atoms with E-state index in [2.05, 4.69) is 0 Å². The Hall–Kier alpha value is -2.05. The van der Waals surface area contributed by atoms with Crippen LogP contribution in [0.3, 0.4) is 0 Å². The molecule has 0 saturated heterocycles. The maximum absolute atomic E-state index is 12.1. The molecule has 0 radical (unpaired) electrons. The molecule has 2 rings (SSSR count). The van der Waals surface area contributed by atoms with Gasteiger partial charge >= 0.3 is 16.1 Å². The van der Waals surface area contributed by atoms with Gasteiger partial charge in [0.25, 0.3) is 0 Å². The van der Waals surface area contributed by atoms with Crippen LogP contribution in [0.5, 0.6) is 5.75 Å². The molecule has 0 aliphatic heterocycles. The van der Waals surface area contributed by atoms with Crippen molar-refractivity contribution in [3.8, 4) is 5.75 Å². The SMILES string of the molecule is Cc1ccc(S(=O)(=O)Oc2ccc(Cl)c(C(=O)O)c2)cc1. The van der Waals surface area contributed by atoms with E-state index in [1.165, 1.54) is 24.3 Å². The molecule has 110 valence electrons. The van der Waals surface area contributed by atoms with Crippen LogP contribution in [-0.4, -0.2) is 19.5 Å². The minimum atomic E-state index is -4.02. The van der Waals surface area contributed by atoms with E-state index in [-0.39, 0.29) is 21.2 Å². The van der Waals surface area contributed by atoms with Crippen LogP contribution in [0.15, 0.2) is 47.4 Å². The minimum absolute atomic E-state index is 0.00239. The molecule has 0 heterocycles. The van der Waals surface area contributed by atoms with E-state index in [9.17, 15) is 13.2 Å². The van der Waals surface area contributed by atoms with Crippen LogP contribution in [0.1, 0.15) is 15.9 Å². The highest BCUT2D eigenvalue weighted by Gasteiger charge is 2.18. The van der Waals surface area contributed by atoms with Crippen LogP contribution in [0, 0.1) is 6.92 Å². The molecule has 0 amide bonds. The van der Waals surface area contributed by atoms with E-state index in [4.69, 9.17) is 20.9 Å². The summed E-state index contributed by atoms with van der Waals surface area (Å²) in [5, 5.41) is 8.95. The number of halogens is 1. The Bertz CT molecular complexity index is 782. The van der Waals surface area contributed by atoms with E-state index < -0.39 is 16.1 Å². The number of benzene rings is 2. The molecule has 0 aromatic heterocycles. The number of carboxylic acids is 1. The van der Waals surface area contributed by atoms with Crippen molar-refractivity contribution in [2.45, 2.75) is 11.8 Å². The first-order valence-corrected chi connectivity index (χ1v) is 7.62. The van der Waals surface area contributed by atoms with Gasteiger partial charge in [0.1, 0.15) is 10.6 Å². The largest absolute Gasteiger partial charge is 0.478 e. The zero-order chi connectivity index (χ0) is 15.6. The van der Waals surface area contributed by atoms with Crippen molar-refractivity contribution in [3.63, 3.8) is 0 Å². The molecule has 0 fully saturated rings. The van der Waals surface area contributed by atoms with Gasteiger partial charge in [-0.2, -0.15) is 8.42 Å². The first kappa shape index (κ1) is 15.3. The Labute approximate surface area is 126 Å². The number of hydrogen-bond donors (Lipinski definition) is 1. The van der Waals surface area contributed by atoms with Crippen LogP contribution in [0.2, 0.25) is 5.02 Å². The van der Waals surface area contributed by atoms with E-state index in [0.29, 0.717) is 0 Å². The number of rotatable bonds is 4. The van der Waals surface area contributed by atoms with Crippen molar-refractivity contribution in [3.05, 3.63) is 58.6 Å². The quantitative estimate of drug-likeness (QED) is 0.873. The Morgan fingerprint density at radius 3 is 2.33 bits per heavy atom. The van der Waals surface area contributed by atoms with Crippen molar-refractivity contribution in [1.29, 1.82) is 0 Å². The van der Waals surface area contributed by atoms with E-state index in [0.717, 1.165) is 11.6 Å². The summed E-state index contributed by atoms with van der Waals surface area (Å²) in [7, 11) is -4.02. The highest BCUT2D eigenvalue weighted by Crippen LogP contribution is 2.25. The minimum Gasteiger partial charge on any atom is -0.478 e. The van der Waals surface area contributed by atoms with Gasteiger partial charge < -0.3 is 9.29 Å². The predicted molar refractivity (Wildman–Crippen MR) is 77.4 cm³/mol. The fraction of sp³-hybridized carbons (Fsp3) is 0.0714. The van der Waals surface area contributed by atoms with E-state index >= 15 is 0 Å². The Morgan fingerprint density at radius 1 is 1.14 bits per heavy atom. The standard InChI is InChI=1S/C14H11ClO5S/c1-9-2-5-11(6-3-9)21(18,19)20-10-4-7-13(15)12(8-10)14(16)17/h2-8H,1H3,(H,16,17). The molecule has 2 aromatic rings. The summed E-state index contributed by atoms with van der Waals surface area (Å²) >= 11 is 5.71. The van der Waals surface area contributed by atoms with Gasteiger partial charge in [-0.15, -0.1) is 0 Å². The highest BCUT2D eigenvalue weighted by molar-refractivity contribution is 7.87. The van der Waals surface area contributed by atoms with Crippen molar-refractivity contribution in [1.82, 2.24) is 0 Å². The molecule has 0 unspecified atom stereocenters. The van der Waals surface area contributed by atoms with Gasteiger partial charge in [0.05, 0.1) is 10.6 Å². The van der Waals surface area contributed by atoms with Crippen molar-refractivity contribution in [2.75, 3.05) is 0 Å². The second-order valence-electron chi connectivity index (χ2n) is 4.30. The Kier molecular flexibility index (Phi) is 4.20. The van der Waals surface area contributed by atoms with Crippen molar-refractivity contribution >= 4 is 27.7 Å². The molecule has 0 bridgehead atoms. The van der Waals surface area contributed by atoms with Gasteiger partial charge in [-0.25, -0.2) is 4.79 Å². The average Bonchev–Trinajstić information content (AvgIpc) is 2.41. The first-order valence-electron chi connectivity index (χ1n) is 5.83. The topological polar surface area (TPSA) is 80.7 Å². The zero-order valence-corrected chi connectivity index (χ0v) is 12.5. The fourth-order valence-corrected chi connectivity index (χ4v) is 2.72. The predicted octanol–water partition coefficient (Wildman–Crippen LogP) is 3.11. The molecule has 7 heteroatoms. The molecule has 0 atom stereocenters. The molecule has 0 aliphatic carbocycles. The highest BCUT2D eigenvalue weighted by atomic mass is 35.5. The van der Waals surface area contributed by atoms with Crippen LogP contribution in [-0.2, 0) is 10.1 Å².